The lowest BCUT2D eigenvalue weighted by Gasteiger charge is -2.10. The molecule has 21 heavy (non-hydrogen) atoms. The Bertz CT molecular complexity index is 793. The molecular weight excluding hydrogens is 330 g/mol. The van der Waals surface area contributed by atoms with E-state index in [1.54, 1.807) is 4.68 Å². The van der Waals surface area contributed by atoms with E-state index in [0.29, 0.717) is 11.5 Å². The molecule has 0 unspecified atom stereocenters. The smallest absolute Gasteiger partial charge is 0.189 e. The second-order valence-electron chi connectivity index (χ2n) is 4.91. The van der Waals surface area contributed by atoms with Crippen molar-refractivity contribution in [3.8, 4) is 17.1 Å². The molecule has 0 saturated heterocycles. The van der Waals surface area contributed by atoms with E-state index in [1.807, 2.05) is 50.2 Å². The maximum atomic E-state index is 6.07. The van der Waals surface area contributed by atoms with E-state index in [-0.39, 0.29) is 0 Å². The van der Waals surface area contributed by atoms with E-state index in [1.165, 1.54) is 0 Å². The summed E-state index contributed by atoms with van der Waals surface area (Å²) in [5, 5.41) is 12.0. The molecule has 2 aromatic carbocycles. The Morgan fingerprint density at radius 2 is 1.95 bits per heavy atom. The Balaban J connectivity index is 2.22. The quantitative estimate of drug-likeness (QED) is 0.725. The van der Waals surface area contributed by atoms with Gasteiger partial charge >= 0.3 is 0 Å². The summed E-state index contributed by atoms with van der Waals surface area (Å²) in [7, 11) is 0. The van der Waals surface area contributed by atoms with E-state index in [4.69, 9.17) is 5.73 Å². The summed E-state index contributed by atoms with van der Waals surface area (Å²) < 4.78 is 2.66. The molecule has 1 aromatic heterocycles. The van der Waals surface area contributed by atoms with Gasteiger partial charge in [0.2, 0.25) is 0 Å². The van der Waals surface area contributed by atoms with Crippen molar-refractivity contribution in [1.29, 1.82) is 0 Å². The van der Waals surface area contributed by atoms with Crippen LogP contribution in [0.4, 0.5) is 5.69 Å². The zero-order valence-corrected chi connectivity index (χ0v) is 13.3. The predicted molar refractivity (Wildman–Crippen MR) is 86.2 cm³/mol. The first-order valence-electron chi connectivity index (χ1n) is 6.48. The normalized spacial score (nSPS) is 10.8. The zero-order chi connectivity index (χ0) is 15.0. The highest BCUT2D eigenvalue weighted by atomic mass is 79.9. The van der Waals surface area contributed by atoms with Crippen molar-refractivity contribution < 1.29 is 0 Å². The van der Waals surface area contributed by atoms with Gasteiger partial charge in [-0.2, -0.15) is 4.68 Å². The lowest BCUT2D eigenvalue weighted by molar-refractivity contribution is 0.788. The SMILES string of the molecule is Cc1ccc(N)c(-c2nnnn2-c2cccc(C)c2Br)c1. The van der Waals surface area contributed by atoms with Crippen LogP contribution in [0.2, 0.25) is 0 Å². The number of anilines is 1. The monoisotopic (exact) mass is 343 g/mol. The third-order valence-electron chi connectivity index (χ3n) is 3.32. The number of nitrogens with two attached hydrogens (primary N) is 1. The van der Waals surface area contributed by atoms with Gasteiger partial charge in [0, 0.05) is 15.7 Å². The second-order valence-corrected chi connectivity index (χ2v) is 5.71. The maximum absolute atomic E-state index is 6.07. The number of benzene rings is 2. The van der Waals surface area contributed by atoms with Crippen molar-refractivity contribution in [3.63, 3.8) is 0 Å². The van der Waals surface area contributed by atoms with E-state index < -0.39 is 0 Å². The molecule has 0 aliphatic carbocycles. The molecule has 2 N–H and O–H groups in total. The van der Waals surface area contributed by atoms with Crippen LogP contribution in [0.1, 0.15) is 11.1 Å². The van der Waals surface area contributed by atoms with Crippen LogP contribution < -0.4 is 5.73 Å². The molecule has 0 amide bonds. The number of hydrogen-bond donors (Lipinski definition) is 1. The first-order chi connectivity index (χ1) is 10.1. The highest BCUT2D eigenvalue weighted by molar-refractivity contribution is 9.10. The van der Waals surface area contributed by atoms with Crippen LogP contribution in [-0.2, 0) is 0 Å². The molecule has 0 spiro atoms. The largest absolute Gasteiger partial charge is 0.398 e. The minimum Gasteiger partial charge on any atom is -0.398 e. The Morgan fingerprint density at radius 3 is 2.76 bits per heavy atom. The van der Waals surface area contributed by atoms with Crippen LogP contribution in [0.25, 0.3) is 17.1 Å². The Morgan fingerprint density at radius 1 is 1.14 bits per heavy atom. The number of tetrazole rings is 1. The van der Waals surface area contributed by atoms with Crippen molar-refractivity contribution in [1.82, 2.24) is 20.2 Å². The van der Waals surface area contributed by atoms with Crippen molar-refractivity contribution in [3.05, 3.63) is 52.0 Å². The average Bonchev–Trinajstić information content (AvgIpc) is 2.93. The first kappa shape index (κ1) is 13.8. The van der Waals surface area contributed by atoms with Gasteiger partial charge in [0.05, 0.1) is 5.69 Å². The van der Waals surface area contributed by atoms with Gasteiger partial charge < -0.3 is 5.73 Å². The number of hydrogen-bond acceptors (Lipinski definition) is 4. The van der Waals surface area contributed by atoms with Crippen LogP contribution >= 0.6 is 15.9 Å². The summed E-state index contributed by atoms with van der Waals surface area (Å²) in [5.74, 6) is 0.627. The van der Waals surface area contributed by atoms with Crippen LogP contribution in [0.15, 0.2) is 40.9 Å². The molecule has 0 aliphatic rings. The van der Waals surface area contributed by atoms with E-state index >= 15 is 0 Å². The molecule has 0 saturated carbocycles. The van der Waals surface area contributed by atoms with Crippen LogP contribution in [-0.4, -0.2) is 20.2 Å². The van der Waals surface area contributed by atoms with Crippen molar-refractivity contribution in [2.75, 3.05) is 5.73 Å². The Kier molecular flexibility index (Phi) is 3.47. The highest BCUT2D eigenvalue weighted by Crippen LogP contribution is 2.30. The number of rotatable bonds is 2. The molecule has 3 rings (SSSR count). The molecule has 1 heterocycles. The topological polar surface area (TPSA) is 69.6 Å². The molecular formula is C15H14BrN5. The third kappa shape index (κ3) is 2.42. The fourth-order valence-electron chi connectivity index (χ4n) is 2.18. The zero-order valence-electron chi connectivity index (χ0n) is 11.7. The molecule has 0 bridgehead atoms. The second kappa shape index (κ2) is 5.29. The average molecular weight is 344 g/mol. The van der Waals surface area contributed by atoms with Crippen molar-refractivity contribution in [2.24, 2.45) is 0 Å². The lowest BCUT2D eigenvalue weighted by Crippen LogP contribution is -2.03. The summed E-state index contributed by atoms with van der Waals surface area (Å²) in [4.78, 5) is 0. The Labute approximate surface area is 130 Å². The van der Waals surface area contributed by atoms with Gasteiger partial charge in [0.25, 0.3) is 0 Å². The fraction of sp³-hybridized carbons (Fsp3) is 0.133. The summed E-state index contributed by atoms with van der Waals surface area (Å²) in [6.45, 7) is 4.04. The van der Waals surface area contributed by atoms with Gasteiger partial charge in [-0.1, -0.05) is 23.8 Å². The number of nitrogen functional groups attached to an aromatic ring is 1. The standard InChI is InChI=1S/C15H14BrN5/c1-9-6-7-12(17)11(8-9)15-18-19-20-21(15)13-5-3-4-10(2)14(13)16/h3-8H,17H2,1-2H3. The summed E-state index contributed by atoms with van der Waals surface area (Å²) in [5.41, 5.74) is 10.7. The minimum absolute atomic E-state index is 0.627. The van der Waals surface area contributed by atoms with E-state index in [2.05, 4.69) is 31.5 Å². The van der Waals surface area contributed by atoms with Gasteiger partial charge in [-0.25, -0.2) is 0 Å². The third-order valence-corrected chi connectivity index (χ3v) is 4.35. The summed E-state index contributed by atoms with van der Waals surface area (Å²) in [6, 6.07) is 11.8. The van der Waals surface area contributed by atoms with Crippen LogP contribution in [0, 0.1) is 13.8 Å². The molecule has 3 aromatic rings. The van der Waals surface area contributed by atoms with E-state index in [9.17, 15) is 0 Å². The minimum atomic E-state index is 0.627. The van der Waals surface area contributed by atoms with Gasteiger partial charge in [-0.15, -0.1) is 5.10 Å². The predicted octanol–water partition coefficient (Wildman–Crippen LogP) is 3.29. The lowest BCUT2D eigenvalue weighted by atomic mass is 10.1. The van der Waals surface area contributed by atoms with Gasteiger partial charge in [-0.3, -0.25) is 0 Å². The number of aryl methyl sites for hydroxylation is 2. The van der Waals surface area contributed by atoms with E-state index in [0.717, 1.165) is 26.9 Å². The molecule has 5 nitrogen and oxygen atoms in total. The molecule has 0 radical (unpaired) electrons. The number of nitrogens with zero attached hydrogens (tertiary/aromatic N) is 4. The Hall–Kier alpha value is -2.21. The summed E-state index contributed by atoms with van der Waals surface area (Å²) in [6.07, 6.45) is 0. The molecule has 106 valence electrons. The molecule has 0 atom stereocenters. The fourth-order valence-corrected chi connectivity index (χ4v) is 2.61. The molecule has 6 heteroatoms. The molecule has 0 fully saturated rings. The van der Waals surface area contributed by atoms with Gasteiger partial charge in [-0.05, 0) is 64.0 Å². The number of aromatic nitrogens is 4. The van der Waals surface area contributed by atoms with Gasteiger partial charge in [0.1, 0.15) is 0 Å². The highest BCUT2D eigenvalue weighted by Gasteiger charge is 2.16. The van der Waals surface area contributed by atoms with Crippen molar-refractivity contribution >= 4 is 21.6 Å². The molecule has 0 aliphatic heterocycles. The van der Waals surface area contributed by atoms with Crippen molar-refractivity contribution in [2.45, 2.75) is 13.8 Å². The summed E-state index contributed by atoms with van der Waals surface area (Å²) >= 11 is 3.59. The van der Waals surface area contributed by atoms with Crippen LogP contribution in [0.3, 0.4) is 0 Å². The van der Waals surface area contributed by atoms with Gasteiger partial charge in [0.15, 0.2) is 5.82 Å². The number of halogens is 1. The maximum Gasteiger partial charge on any atom is 0.189 e. The van der Waals surface area contributed by atoms with Crippen LogP contribution in [0.5, 0.6) is 0 Å². The first-order valence-corrected chi connectivity index (χ1v) is 7.27.